The van der Waals surface area contributed by atoms with E-state index in [0.717, 1.165) is 4.90 Å². The molecule has 1 aliphatic rings. The van der Waals surface area contributed by atoms with Crippen LogP contribution in [0.1, 0.15) is 40.5 Å². The third-order valence-corrected chi connectivity index (χ3v) is 2.77. The zero-order valence-corrected chi connectivity index (χ0v) is 11.4. The summed E-state index contributed by atoms with van der Waals surface area (Å²) in [6, 6.07) is 0. The average molecular weight is 257 g/mol. The van der Waals surface area contributed by atoms with Crippen molar-refractivity contribution in [2.75, 3.05) is 7.11 Å². The molecule has 1 saturated heterocycles. The summed E-state index contributed by atoms with van der Waals surface area (Å²) in [5.74, 6) is -1.03. The van der Waals surface area contributed by atoms with Gasteiger partial charge in [0.25, 0.3) is 0 Å². The third-order valence-electron chi connectivity index (χ3n) is 2.77. The van der Waals surface area contributed by atoms with Gasteiger partial charge >= 0.3 is 12.1 Å². The molecule has 0 aromatic carbocycles. The molecule has 0 radical (unpaired) electrons. The van der Waals surface area contributed by atoms with Crippen LogP contribution >= 0.6 is 0 Å². The Kier molecular flexibility index (Phi) is 3.69. The van der Waals surface area contributed by atoms with Gasteiger partial charge in [-0.15, -0.1) is 0 Å². The Balaban J connectivity index is 2.99. The number of rotatable bonds is 1. The minimum absolute atomic E-state index is 0.130. The highest BCUT2D eigenvalue weighted by atomic mass is 16.6. The van der Waals surface area contributed by atoms with E-state index in [1.165, 1.54) is 14.0 Å². The van der Waals surface area contributed by atoms with Gasteiger partial charge in [0, 0.05) is 6.42 Å². The van der Waals surface area contributed by atoms with Crippen LogP contribution in [0.25, 0.3) is 0 Å². The monoisotopic (exact) mass is 257 g/mol. The normalized spacial score (nSPS) is 24.1. The van der Waals surface area contributed by atoms with Gasteiger partial charge in [-0.3, -0.25) is 4.79 Å². The van der Waals surface area contributed by atoms with Crippen molar-refractivity contribution < 1.29 is 23.9 Å². The molecule has 18 heavy (non-hydrogen) atoms. The van der Waals surface area contributed by atoms with Gasteiger partial charge in [0.2, 0.25) is 5.91 Å². The highest BCUT2D eigenvalue weighted by molar-refractivity contribution is 6.01. The Hall–Kier alpha value is -1.59. The largest absolute Gasteiger partial charge is 0.467 e. The molecule has 0 spiro atoms. The van der Waals surface area contributed by atoms with Crippen molar-refractivity contribution in [3.8, 4) is 0 Å². The topological polar surface area (TPSA) is 72.9 Å². The molecule has 0 aromatic heterocycles. The second-order valence-electron chi connectivity index (χ2n) is 5.47. The van der Waals surface area contributed by atoms with E-state index < -0.39 is 29.1 Å². The van der Waals surface area contributed by atoms with E-state index in [4.69, 9.17) is 4.74 Å². The number of amides is 2. The van der Waals surface area contributed by atoms with Gasteiger partial charge in [0.05, 0.1) is 7.11 Å². The molecule has 0 saturated carbocycles. The Labute approximate surface area is 106 Å². The third kappa shape index (κ3) is 2.63. The van der Waals surface area contributed by atoms with E-state index >= 15 is 0 Å². The lowest BCUT2D eigenvalue weighted by atomic mass is 10.00. The van der Waals surface area contributed by atoms with E-state index in [1.807, 2.05) is 0 Å². The molecule has 1 rings (SSSR count). The van der Waals surface area contributed by atoms with E-state index in [0.29, 0.717) is 0 Å². The second-order valence-corrected chi connectivity index (χ2v) is 5.47. The Bertz CT molecular complexity index is 384. The fraction of sp³-hybridized carbons (Fsp3) is 0.750. The molecule has 0 aliphatic carbocycles. The summed E-state index contributed by atoms with van der Waals surface area (Å²) in [5, 5.41) is 0. The van der Waals surface area contributed by atoms with E-state index in [9.17, 15) is 14.4 Å². The summed E-state index contributed by atoms with van der Waals surface area (Å²) < 4.78 is 9.80. The van der Waals surface area contributed by atoms with Gasteiger partial charge in [-0.05, 0) is 34.1 Å². The van der Waals surface area contributed by atoms with Crippen molar-refractivity contribution >= 4 is 18.0 Å². The van der Waals surface area contributed by atoms with Gasteiger partial charge in [-0.1, -0.05) is 0 Å². The fourth-order valence-electron chi connectivity index (χ4n) is 1.87. The van der Waals surface area contributed by atoms with Crippen molar-refractivity contribution in [2.45, 2.75) is 51.7 Å². The number of hydrogen-bond acceptors (Lipinski definition) is 5. The highest BCUT2D eigenvalue weighted by Gasteiger charge is 2.52. The molecule has 0 aromatic rings. The average Bonchev–Trinajstić information content (AvgIpc) is 2.52. The number of ether oxygens (including phenoxy) is 2. The van der Waals surface area contributed by atoms with Crippen molar-refractivity contribution in [1.82, 2.24) is 4.90 Å². The maximum Gasteiger partial charge on any atom is 0.418 e. The quantitative estimate of drug-likeness (QED) is 0.665. The maximum absolute atomic E-state index is 12.0. The van der Waals surface area contributed by atoms with Gasteiger partial charge in [0.1, 0.15) is 11.1 Å². The van der Waals surface area contributed by atoms with Crippen LogP contribution in [0, 0.1) is 0 Å². The summed E-state index contributed by atoms with van der Waals surface area (Å²) in [7, 11) is 1.23. The van der Waals surface area contributed by atoms with E-state index in [1.54, 1.807) is 20.8 Å². The number of hydrogen-bond donors (Lipinski definition) is 0. The van der Waals surface area contributed by atoms with Gasteiger partial charge in [0.15, 0.2) is 0 Å². The minimum Gasteiger partial charge on any atom is -0.467 e. The first-order valence-electron chi connectivity index (χ1n) is 5.76. The first kappa shape index (κ1) is 14.5. The predicted molar refractivity (Wildman–Crippen MR) is 62.7 cm³/mol. The number of likely N-dealkylation sites (tertiary alicyclic amines) is 1. The molecular weight excluding hydrogens is 238 g/mol. The summed E-state index contributed by atoms with van der Waals surface area (Å²) >= 11 is 0. The number of methoxy groups -OCH3 is 1. The van der Waals surface area contributed by atoms with E-state index in [-0.39, 0.29) is 12.8 Å². The smallest absolute Gasteiger partial charge is 0.418 e. The molecule has 1 heterocycles. The van der Waals surface area contributed by atoms with Crippen LogP contribution in [-0.4, -0.2) is 41.1 Å². The minimum atomic E-state index is -1.27. The SMILES string of the molecule is COC(=O)C1(C)CCC(=O)N1C(=O)OC(C)(C)C. The first-order chi connectivity index (χ1) is 8.12. The summed E-state index contributed by atoms with van der Waals surface area (Å²) in [5.41, 5.74) is -1.99. The van der Waals surface area contributed by atoms with Crippen LogP contribution in [0.15, 0.2) is 0 Å². The Morgan fingerprint density at radius 1 is 1.33 bits per heavy atom. The summed E-state index contributed by atoms with van der Waals surface area (Å²) in [6.07, 6.45) is -0.430. The van der Waals surface area contributed by atoms with Crippen LogP contribution in [0.2, 0.25) is 0 Å². The summed E-state index contributed by atoms with van der Waals surface area (Å²) in [6.45, 7) is 6.59. The fourth-order valence-corrected chi connectivity index (χ4v) is 1.87. The molecular formula is C12H19NO5. The molecule has 6 nitrogen and oxygen atoms in total. The van der Waals surface area contributed by atoms with E-state index in [2.05, 4.69) is 4.74 Å². The van der Waals surface area contributed by atoms with Crippen LogP contribution in [0.5, 0.6) is 0 Å². The molecule has 0 bridgehead atoms. The van der Waals surface area contributed by atoms with Crippen molar-refractivity contribution in [3.63, 3.8) is 0 Å². The lowest BCUT2D eigenvalue weighted by molar-refractivity contribution is -0.155. The molecule has 2 amide bonds. The Morgan fingerprint density at radius 2 is 1.89 bits per heavy atom. The molecule has 1 atom stereocenters. The molecule has 1 aliphatic heterocycles. The number of imide groups is 1. The van der Waals surface area contributed by atoms with Gasteiger partial charge < -0.3 is 9.47 Å². The van der Waals surface area contributed by atoms with Crippen molar-refractivity contribution in [3.05, 3.63) is 0 Å². The molecule has 6 heteroatoms. The van der Waals surface area contributed by atoms with Gasteiger partial charge in [-0.2, -0.15) is 0 Å². The van der Waals surface area contributed by atoms with Crippen molar-refractivity contribution in [1.29, 1.82) is 0 Å². The number of esters is 1. The standard InChI is InChI=1S/C12H19NO5/c1-11(2,3)18-10(16)13-8(14)6-7-12(13,4)9(15)17-5/h6-7H2,1-5H3. The zero-order chi connectivity index (χ0) is 14.1. The highest BCUT2D eigenvalue weighted by Crippen LogP contribution is 2.32. The number of nitrogens with zero attached hydrogens (tertiary/aromatic N) is 1. The second kappa shape index (κ2) is 4.59. The molecule has 0 N–H and O–H groups in total. The predicted octanol–water partition coefficient (Wildman–Crippen LogP) is 1.48. The first-order valence-corrected chi connectivity index (χ1v) is 5.76. The molecule has 1 fully saturated rings. The molecule has 102 valence electrons. The van der Waals surface area contributed by atoms with Crippen LogP contribution in [0.3, 0.4) is 0 Å². The maximum atomic E-state index is 12.0. The lowest BCUT2D eigenvalue weighted by Crippen LogP contribution is -2.54. The number of carbonyl (C=O) groups is 3. The summed E-state index contributed by atoms with van der Waals surface area (Å²) in [4.78, 5) is 36.3. The van der Waals surface area contributed by atoms with Crippen LogP contribution in [-0.2, 0) is 19.1 Å². The van der Waals surface area contributed by atoms with Crippen LogP contribution < -0.4 is 0 Å². The molecule has 1 unspecified atom stereocenters. The Morgan fingerprint density at radius 3 is 2.33 bits per heavy atom. The van der Waals surface area contributed by atoms with Gasteiger partial charge in [-0.25, -0.2) is 14.5 Å². The number of carbonyl (C=O) groups excluding carboxylic acids is 3. The zero-order valence-electron chi connectivity index (χ0n) is 11.4. The van der Waals surface area contributed by atoms with Crippen LogP contribution in [0.4, 0.5) is 4.79 Å². The van der Waals surface area contributed by atoms with Crippen molar-refractivity contribution in [2.24, 2.45) is 0 Å². The lowest BCUT2D eigenvalue weighted by Gasteiger charge is -2.32.